The standard InChI is InChI=1S/C14H16O3/c1-11(15)13-5-2-12(3-6-13)4-7-14-10-16-8-9-17-14/h2-7,14H,8-10H2,1H3/b7-4+. The zero-order chi connectivity index (χ0) is 12.1. The van der Waals surface area contributed by atoms with E-state index in [1.165, 1.54) is 0 Å². The summed E-state index contributed by atoms with van der Waals surface area (Å²) in [5, 5.41) is 0. The summed E-state index contributed by atoms with van der Waals surface area (Å²) in [4.78, 5) is 11.1. The van der Waals surface area contributed by atoms with Crippen LogP contribution in [-0.4, -0.2) is 31.7 Å². The number of hydrogen-bond acceptors (Lipinski definition) is 3. The zero-order valence-electron chi connectivity index (χ0n) is 9.89. The van der Waals surface area contributed by atoms with Gasteiger partial charge in [0.25, 0.3) is 0 Å². The van der Waals surface area contributed by atoms with Crippen molar-refractivity contribution < 1.29 is 14.3 Å². The molecule has 0 amide bonds. The number of ether oxygens (including phenoxy) is 2. The molecule has 1 atom stereocenters. The molecule has 1 aliphatic rings. The normalized spacial score (nSPS) is 20.6. The number of Topliss-reactive ketones (excluding diaryl/α,β-unsaturated/α-hetero) is 1. The first kappa shape index (κ1) is 12.0. The van der Waals surface area contributed by atoms with Crippen LogP contribution in [0.4, 0.5) is 0 Å². The quantitative estimate of drug-likeness (QED) is 0.750. The highest BCUT2D eigenvalue weighted by Crippen LogP contribution is 2.09. The molecule has 1 heterocycles. The fourth-order valence-electron chi connectivity index (χ4n) is 1.66. The highest BCUT2D eigenvalue weighted by atomic mass is 16.6. The minimum Gasteiger partial charge on any atom is -0.376 e. The molecule has 0 aromatic heterocycles. The molecule has 90 valence electrons. The molecular formula is C14H16O3. The van der Waals surface area contributed by atoms with Gasteiger partial charge in [-0.1, -0.05) is 36.4 Å². The lowest BCUT2D eigenvalue weighted by Crippen LogP contribution is -2.26. The molecule has 0 aliphatic carbocycles. The first-order valence-corrected chi connectivity index (χ1v) is 5.74. The van der Waals surface area contributed by atoms with E-state index in [0.717, 1.165) is 11.1 Å². The Morgan fingerprint density at radius 3 is 2.65 bits per heavy atom. The Morgan fingerprint density at radius 2 is 2.06 bits per heavy atom. The number of benzene rings is 1. The van der Waals surface area contributed by atoms with Gasteiger partial charge in [-0.3, -0.25) is 4.79 Å². The van der Waals surface area contributed by atoms with Crippen LogP contribution in [0.2, 0.25) is 0 Å². The lowest BCUT2D eigenvalue weighted by atomic mass is 10.1. The minimum absolute atomic E-state index is 0.0382. The molecule has 1 aromatic rings. The van der Waals surface area contributed by atoms with Crippen molar-refractivity contribution in [2.75, 3.05) is 19.8 Å². The number of hydrogen-bond donors (Lipinski definition) is 0. The van der Waals surface area contributed by atoms with Crippen LogP contribution < -0.4 is 0 Å². The first-order chi connectivity index (χ1) is 8.25. The Morgan fingerprint density at radius 1 is 1.29 bits per heavy atom. The fraction of sp³-hybridized carbons (Fsp3) is 0.357. The highest BCUT2D eigenvalue weighted by Gasteiger charge is 2.09. The molecule has 1 fully saturated rings. The summed E-state index contributed by atoms with van der Waals surface area (Å²) in [6.07, 6.45) is 4.02. The van der Waals surface area contributed by atoms with Crippen LogP contribution in [0.3, 0.4) is 0 Å². The molecule has 0 radical (unpaired) electrons. The van der Waals surface area contributed by atoms with Gasteiger partial charge < -0.3 is 9.47 Å². The molecule has 0 N–H and O–H groups in total. The molecular weight excluding hydrogens is 216 g/mol. The van der Waals surface area contributed by atoms with E-state index in [0.29, 0.717) is 19.8 Å². The second-order valence-corrected chi connectivity index (χ2v) is 4.02. The van der Waals surface area contributed by atoms with E-state index in [4.69, 9.17) is 9.47 Å². The molecule has 1 saturated heterocycles. The van der Waals surface area contributed by atoms with Gasteiger partial charge in [0.05, 0.1) is 25.9 Å². The van der Waals surface area contributed by atoms with Gasteiger partial charge in [0, 0.05) is 5.56 Å². The maximum atomic E-state index is 11.1. The molecule has 1 aromatic carbocycles. The zero-order valence-corrected chi connectivity index (χ0v) is 9.89. The fourth-order valence-corrected chi connectivity index (χ4v) is 1.66. The van der Waals surface area contributed by atoms with Crippen molar-refractivity contribution in [3.63, 3.8) is 0 Å². The van der Waals surface area contributed by atoms with Gasteiger partial charge in [-0.25, -0.2) is 0 Å². The minimum atomic E-state index is 0.0382. The summed E-state index contributed by atoms with van der Waals surface area (Å²) >= 11 is 0. The molecule has 0 spiro atoms. The van der Waals surface area contributed by atoms with Crippen LogP contribution in [0.15, 0.2) is 30.3 Å². The highest BCUT2D eigenvalue weighted by molar-refractivity contribution is 5.94. The van der Waals surface area contributed by atoms with Crippen molar-refractivity contribution in [2.24, 2.45) is 0 Å². The second kappa shape index (κ2) is 5.75. The van der Waals surface area contributed by atoms with Gasteiger partial charge in [-0.15, -0.1) is 0 Å². The van der Waals surface area contributed by atoms with E-state index in [9.17, 15) is 4.79 Å². The molecule has 0 saturated carbocycles. The molecule has 0 bridgehead atoms. The van der Waals surface area contributed by atoms with Crippen LogP contribution in [0, 0.1) is 0 Å². The summed E-state index contributed by atoms with van der Waals surface area (Å²) in [5.74, 6) is 0.0875. The van der Waals surface area contributed by atoms with Crippen molar-refractivity contribution in [1.82, 2.24) is 0 Å². The monoisotopic (exact) mass is 232 g/mol. The smallest absolute Gasteiger partial charge is 0.159 e. The summed E-state index contributed by atoms with van der Waals surface area (Å²) in [5.41, 5.74) is 1.79. The van der Waals surface area contributed by atoms with Crippen molar-refractivity contribution in [2.45, 2.75) is 13.0 Å². The third kappa shape index (κ3) is 3.51. The van der Waals surface area contributed by atoms with Crippen LogP contribution in [0.1, 0.15) is 22.8 Å². The van der Waals surface area contributed by atoms with E-state index >= 15 is 0 Å². The lowest BCUT2D eigenvalue weighted by Gasteiger charge is -2.19. The predicted octanol–water partition coefficient (Wildman–Crippen LogP) is 2.32. The molecule has 1 unspecified atom stereocenters. The van der Waals surface area contributed by atoms with Crippen molar-refractivity contribution in [3.8, 4) is 0 Å². The molecule has 17 heavy (non-hydrogen) atoms. The van der Waals surface area contributed by atoms with Crippen LogP contribution in [0.5, 0.6) is 0 Å². The lowest BCUT2D eigenvalue weighted by molar-refractivity contribution is -0.0672. The number of rotatable bonds is 3. The summed E-state index contributed by atoms with van der Waals surface area (Å²) in [7, 11) is 0. The average molecular weight is 232 g/mol. The third-order valence-electron chi connectivity index (χ3n) is 2.66. The summed E-state index contributed by atoms with van der Waals surface area (Å²) in [6.45, 7) is 3.51. The largest absolute Gasteiger partial charge is 0.376 e. The second-order valence-electron chi connectivity index (χ2n) is 4.02. The number of ketones is 1. The van der Waals surface area contributed by atoms with Crippen LogP contribution >= 0.6 is 0 Å². The Bertz CT molecular complexity index is 400. The van der Waals surface area contributed by atoms with E-state index in [1.807, 2.05) is 36.4 Å². The Balaban J connectivity index is 1.98. The maximum absolute atomic E-state index is 11.1. The Kier molecular flexibility index (Phi) is 4.07. The van der Waals surface area contributed by atoms with E-state index in [1.54, 1.807) is 6.92 Å². The van der Waals surface area contributed by atoms with Crippen LogP contribution in [0.25, 0.3) is 6.08 Å². The molecule has 2 rings (SSSR count). The van der Waals surface area contributed by atoms with Crippen molar-refractivity contribution in [1.29, 1.82) is 0 Å². The third-order valence-corrected chi connectivity index (χ3v) is 2.66. The van der Waals surface area contributed by atoms with Crippen molar-refractivity contribution >= 4 is 11.9 Å². The first-order valence-electron chi connectivity index (χ1n) is 5.74. The number of carbonyl (C=O) groups excluding carboxylic acids is 1. The molecule has 3 nitrogen and oxygen atoms in total. The molecule has 3 heteroatoms. The maximum Gasteiger partial charge on any atom is 0.159 e. The van der Waals surface area contributed by atoms with Gasteiger partial charge in [0.15, 0.2) is 5.78 Å². The van der Waals surface area contributed by atoms with Crippen LogP contribution in [-0.2, 0) is 9.47 Å². The van der Waals surface area contributed by atoms with E-state index < -0.39 is 0 Å². The summed E-state index contributed by atoms with van der Waals surface area (Å²) in [6, 6.07) is 7.52. The van der Waals surface area contributed by atoms with E-state index in [-0.39, 0.29) is 11.9 Å². The van der Waals surface area contributed by atoms with Gasteiger partial charge in [-0.2, -0.15) is 0 Å². The topological polar surface area (TPSA) is 35.5 Å². The van der Waals surface area contributed by atoms with Gasteiger partial charge in [-0.05, 0) is 12.5 Å². The summed E-state index contributed by atoms with van der Waals surface area (Å²) < 4.78 is 10.8. The van der Waals surface area contributed by atoms with E-state index in [2.05, 4.69) is 0 Å². The van der Waals surface area contributed by atoms with Crippen molar-refractivity contribution in [3.05, 3.63) is 41.5 Å². The van der Waals surface area contributed by atoms with Gasteiger partial charge in [0.2, 0.25) is 0 Å². The Labute approximate surface area is 101 Å². The van der Waals surface area contributed by atoms with Gasteiger partial charge >= 0.3 is 0 Å². The average Bonchev–Trinajstić information content (AvgIpc) is 2.38. The molecule has 1 aliphatic heterocycles. The van der Waals surface area contributed by atoms with Gasteiger partial charge in [0.1, 0.15) is 0 Å². The number of carbonyl (C=O) groups is 1. The predicted molar refractivity (Wildman–Crippen MR) is 66.0 cm³/mol. The Hall–Kier alpha value is -1.45. The SMILES string of the molecule is CC(=O)c1ccc(/C=C/C2COCCO2)cc1.